The number of nitrogens with zero attached hydrogens (tertiary/aromatic N) is 4. The van der Waals surface area contributed by atoms with Gasteiger partial charge in [0.05, 0.1) is 11.5 Å². The Kier molecular flexibility index (Phi) is 5.92. The van der Waals surface area contributed by atoms with E-state index in [1.165, 1.54) is 43.0 Å². The van der Waals surface area contributed by atoms with E-state index in [1.54, 1.807) is 12.1 Å². The van der Waals surface area contributed by atoms with E-state index in [1.807, 2.05) is 12.1 Å². The molecule has 0 N–H and O–H groups in total. The molecule has 0 radical (unpaired) electrons. The van der Waals surface area contributed by atoms with Crippen LogP contribution >= 0.6 is 15.9 Å². The van der Waals surface area contributed by atoms with Crippen LogP contribution in [0.15, 0.2) is 58.1 Å². The minimum atomic E-state index is -0.828. The van der Waals surface area contributed by atoms with Crippen molar-refractivity contribution in [1.82, 2.24) is 5.01 Å². The fourth-order valence-electron chi connectivity index (χ4n) is 2.80. The van der Waals surface area contributed by atoms with E-state index in [-0.39, 0.29) is 29.9 Å². The summed E-state index contributed by atoms with van der Waals surface area (Å²) in [4.78, 5) is 36.1. The van der Waals surface area contributed by atoms with Gasteiger partial charge in [-0.25, -0.2) is 0 Å². The van der Waals surface area contributed by atoms with E-state index in [4.69, 9.17) is 4.74 Å². The molecule has 150 valence electrons. The number of carbonyl (C=O) groups is 2. The Morgan fingerprint density at radius 1 is 1.17 bits per heavy atom. The summed E-state index contributed by atoms with van der Waals surface area (Å²) in [6.45, 7) is 2.83. The molecule has 0 saturated heterocycles. The number of non-ortho nitro benzene ring substituents is 1. The predicted molar refractivity (Wildman–Crippen MR) is 109 cm³/mol. The lowest BCUT2D eigenvalue weighted by atomic mass is 10.2. The highest BCUT2D eigenvalue weighted by atomic mass is 79.9. The van der Waals surface area contributed by atoms with Crippen LogP contribution < -0.4 is 4.90 Å². The van der Waals surface area contributed by atoms with Gasteiger partial charge in [0.2, 0.25) is 23.9 Å². The number of halogens is 1. The Bertz CT molecular complexity index is 975. The summed E-state index contributed by atoms with van der Waals surface area (Å²) in [5.74, 6) is -0.422. The van der Waals surface area contributed by atoms with Crippen LogP contribution in [0.2, 0.25) is 0 Å². The topological polar surface area (TPSA) is 105 Å². The fourth-order valence-corrected chi connectivity index (χ4v) is 3.06. The first-order valence-corrected chi connectivity index (χ1v) is 9.39. The summed E-state index contributed by atoms with van der Waals surface area (Å²) >= 11 is 3.35. The quantitative estimate of drug-likeness (QED) is 0.502. The Morgan fingerprint density at radius 3 is 2.31 bits per heavy atom. The normalized spacial score (nSPS) is 15.5. The number of hydrazone groups is 1. The molecule has 29 heavy (non-hydrogen) atoms. The van der Waals surface area contributed by atoms with Gasteiger partial charge < -0.3 is 9.64 Å². The highest BCUT2D eigenvalue weighted by Gasteiger charge is 2.34. The standard InChI is InChI=1S/C19H17BrN4O5/c1-12(25)22(16-9-5-15(20)6-10-16)11-18-23(13(2)26)21-19(29-18)14-3-7-17(8-4-14)24(27)28/h3-10,18H,11H2,1-2H3/t18-/m1/s1. The molecule has 0 spiro atoms. The number of nitro groups is 1. The van der Waals surface area contributed by atoms with E-state index in [0.29, 0.717) is 11.3 Å². The zero-order valence-corrected chi connectivity index (χ0v) is 17.2. The number of rotatable bonds is 5. The average Bonchev–Trinajstić information content (AvgIpc) is 3.11. The third kappa shape index (κ3) is 4.60. The molecule has 2 amide bonds. The van der Waals surface area contributed by atoms with Crippen molar-refractivity contribution in [2.45, 2.75) is 20.1 Å². The first-order valence-electron chi connectivity index (χ1n) is 8.60. The highest BCUT2D eigenvalue weighted by molar-refractivity contribution is 9.10. The predicted octanol–water partition coefficient (Wildman–Crippen LogP) is 3.28. The Morgan fingerprint density at radius 2 is 1.79 bits per heavy atom. The number of anilines is 1. The Labute approximate surface area is 174 Å². The molecule has 0 bridgehead atoms. The first kappa shape index (κ1) is 20.5. The van der Waals surface area contributed by atoms with Crippen LogP contribution in [0.1, 0.15) is 19.4 Å². The molecule has 2 aromatic carbocycles. The lowest BCUT2D eigenvalue weighted by Crippen LogP contribution is -2.44. The van der Waals surface area contributed by atoms with Crippen LogP contribution in [-0.4, -0.2) is 40.4 Å². The van der Waals surface area contributed by atoms with Crippen molar-refractivity contribution < 1.29 is 19.2 Å². The van der Waals surface area contributed by atoms with Crippen molar-refractivity contribution >= 4 is 45.0 Å². The highest BCUT2D eigenvalue weighted by Crippen LogP contribution is 2.24. The minimum Gasteiger partial charge on any atom is -0.448 e. The van der Waals surface area contributed by atoms with Crippen LogP contribution in [0, 0.1) is 10.1 Å². The molecule has 1 aliphatic heterocycles. The monoisotopic (exact) mass is 460 g/mol. The molecule has 1 aliphatic rings. The van der Waals surface area contributed by atoms with E-state index in [2.05, 4.69) is 21.0 Å². The molecule has 3 rings (SSSR count). The smallest absolute Gasteiger partial charge is 0.269 e. The lowest BCUT2D eigenvalue weighted by molar-refractivity contribution is -0.384. The van der Waals surface area contributed by atoms with Crippen LogP contribution in [-0.2, 0) is 14.3 Å². The second kappa shape index (κ2) is 8.39. The van der Waals surface area contributed by atoms with Crippen molar-refractivity contribution in [2.24, 2.45) is 5.10 Å². The maximum Gasteiger partial charge on any atom is 0.269 e. The molecular weight excluding hydrogens is 444 g/mol. The van der Waals surface area contributed by atoms with E-state index < -0.39 is 11.2 Å². The zero-order valence-electron chi connectivity index (χ0n) is 15.6. The van der Waals surface area contributed by atoms with Crippen LogP contribution in [0.3, 0.4) is 0 Å². The van der Waals surface area contributed by atoms with Gasteiger partial charge in [-0.05, 0) is 36.4 Å². The molecule has 2 aromatic rings. The number of benzene rings is 2. The van der Waals surface area contributed by atoms with Crippen LogP contribution in [0.5, 0.6) is 0 Å². The molecule has 0 aliphatic carbocycles. The zero-order chi connectivity index (χ0) is 21.1. The largest absolute Gasteiger partial charge is 0.448 e. The van der Waals surface area contributed by atoms with Gasteiger partial charge in [-0.15, -0.1) is 5.10 Å². The average molecular weight is 461 g/mol. The van der Waals surface area contributed by atoms with E-state index in [0.717, 1.165) is 9.48 Å². The van der Waals surface area contributed by atoms with Gasteiger partial charge in [0.15, 0.2) is 0 Å². The van der Waals surface area contributed by atoms with Crippen molar-refractivity contribution in [2.75, 3.05) is 11.4 Å². The molecule has 0 unspecified atom stereocenters. The Balaban J connectivity index is 1.83. The maximum absolute atomic E-state index is 12.2. The van der Waals surface area contributed by atoms with Gasteiger partial charge in [0.25, 0.3) is 5.69 Å². The SMILES string of the molecule is CC(=O)N(C[C@H]1OC(c2ccc([N+](=O)[O-])cc2)=NN1C(C)=O)c1ccc(Br)cc1. The van der Waals surface area contributed by atoms with Gasteiger partial charge in [-0.2, -0.15) is 5.01 Å². The molecule has 1 atom stereocenters. The molecule has 10 heteroatoms. The second-order valence-corrected chi connectivity index (χ2v) is 7.17. The van der Waals surface area contributed by atoms with Crippen molar-refractivity contribution in [3.8, 4) is 0 Å². The molecule has 0 saturated carbocycles. The number of hydrogen-bond acceptors (Lipinski definition) is 6. The summed E-state index contributed by atoms with van der Waals surface area (Å²) in [5, 5.41) is 16.2. The number of hydrogen-bond donors (Lipinski definition) is 0. The van der Waals surface area contributed by atoms with Gasteiger partial charge in [0.1, 0.15) is 0 Å². The number of ether oxygens (including phenoxy) is 1. The third-order valence-electron chi connectivity index (χ3n) is 4.22. The van der Waals surface area contributed by atoms with Gasteiger partial charge >= 0.3 is 0 Å². The number of carbonyl (C=O) groups excluding carboxylic acids is 2. The van der Waals surface area contributed by atoms with Crippen molar-refractivity contribution in [3.63, 3.8) is 0 Å². The Hall–Kier alpha value is -3.27. The van der Waals surface area contributed by atoms with Gasteiger partial charge in [0, 0.05) is 41.7 Å². The summed E-state index contributed by atoms with van der Waals surface area (Å²) in [6, 6.07) is 12.8. The summed E-state index contributed by atoms with van der Waals surface area (Å²) < 4.78 is 6.70. The molecule has 1 heterocycles. The van der Waals surface area contributed by atoms with Crippen LogP contribution in [0.4, 0.5) is 11.4 Å². The molecule has 0 aromatic heterocycles. The summed E-state index contributed by atoms with van der Waals surface area (Å²) in [6.07, 6.45) is -0.828. The summed E-state index contributed by atoms with van der Waals surface area (Å²) in [7, 11) is 0. The summed E-state index contributed by atoms with van der Waals surface area (Å²) in [5.41, 5.74) is 1.07. The van der Waals surface area contributed by atoms with Crippen LogP contribution in [0.25, 0.3) is 0 Å². The van der Waals surface area contributed by atoms with Crippen molar-refractivity contribution in [3.05, 3.63) is 68.7 Å². The van der Waals surface area contributed by atoms with E-state index in [9.17, 15) is 19.7 Å². The molecule has 0 fully saturated rings. The maximum atomic E-state index is 12.2. The second-order valence-electron chi connectivity index (χ2n) is 6.25. The van der Waals surface area contributed by atoms with E-state index >= 15 is 0 Å². The van der Waals surface area contributed by atoms with Gasteiger partial charge in [-0.3, -0.25) is 19.7 Å². The lowest BCUT2D eigenvalue weighted by Gasteiger charge is -2.27. The fraction of sp³-hybridized carbons (Fsp3) is 0.211. The minimum absolute atomic E-state index is 0.0645. The number of amides is 2. The third-order valence-corrected chi connectivity index (χ3v) is 4.75. The number of nitro benzene ring substituents is 1. The van der Waals surface area contributed by atoms with Crippen molar-refractivity contribution in [1.29, 1.82) is 0 Å². The molecule has 9 nitrogen and oxygen atoms in total. The molecular formula is C19H17BrN4O5. The van der Waals surface area contributed by atoms with Gasteiger partial charge in [-0.1, -0.05) is 15.9 Å². The first-order chi connectivity index (χ1) is 13.8.